The first kappa shape index (κ1) is 17.2. The minimum absolute atomic E-state index is 0. The SMILES string of the molecule is CCCCOP(O)(=S)OCCCC.Cl. The maximum Gasteiger partial charge on any atom is 0.324 e. The van der Waals surface area contributed by atoms with E-state index in [9.17, 15) is 4.89 Å². The highest BCUT2D eigenvalue weighted by Gasteiger charge is 2.13. The molecular weight excluding hydrogens is 243 g/mol. The van der Waals surface area contributed by atoms with Crippen LogP contribution in [0.2, 0.25) is 0 Å². The van der Waals surface area contributed by atoms with Gasteiger partial charge in [0.05, 0.1) is 13.2 Å². The third-order valence-electron chi connectivity index (χ3n) is 1.50. The molecule has 0 bridgehead atoms. The Morgan fingerprint density at radius 2 is 1.43 bits per heavy atom. The zero-order valence-corrected chi connectivity index (χ0v) is 11.3. The van der Waals surface area contributed by atoms with Gasteiger partial charge in [-0.2, -0.15) is 0 Å². The molecule has 0 amide bonds. The number of halogens is 1. The summed E-state index contributed by atoms with van der Waals surface area (Å²) >= 11 is 4.79. The Balaban J connectivity index is 0. The quantitative estimate of drug-likeness (QED) is 0.538. The summed E-state index contributed by atoms with van der Waals surface area (Å²) in [6, 6.07) is 0. The highest BCUT2D eigenvalue weighted by molar-refractivity contribution is 8.07. The van der Waals surface area contributed by atoms with E-state index in [0.717, 1.165) is 25.7 Å². The van der Waals surface area contributed by atoms with Crippen molar-refractivity contribution in [2.24, 2.45) is 0 Å². The lowest BCUT2D eigenvalue weighted by molar-refractivity contribution is 0.193. The summed E-state index contributed by atoms with van der Waals surface area (Å²) in [5.41, 5.74) is 0. The predicted octanol–water partition coefficient (Wildman–Crippen LogP) is 3.26. The Bertz CT molecular complexity index is 155. The third-order valence-corrected chi connectivity index (χ3v) is 3.15. The first-order valence-corrected chi connectivity index (χ1v) is 7.33. The van der Waals surface area contributed by atoms with Gasteiger partial charge in [-0.15, -0.1) is 12.4 Å². The second-order valence-corrected chi connectivity index (χ2v) is 5.68. The molecule has 14 heavy (non-hydrogen) atoms. The largest absolute Gasteiger partial charge is 0.324 e. The van der Waals surface area contributed by atoms with Crippen molar-refractivity contribution in [2.75, 3.05) is 13.2 Å². The summed E-state index contributed by atoms with van der Waals surface area (Å²) in [5, 5.41) is 0. The number of unbranched alkanes of at least 4 members (excludes halogenated alkanes) is 2. The smallest absolute Gasteiger partial charge is 0.324 e. The topological polar surface area (TPSA) is 38.7 Å². The molecule has 0 saturated carbocycles. The van der Waals surface area contributed by atoms with Crippen molar-refractivity contribution in [3.63, 3.8) is 0 Å². The first-order chi connectivity index (χ1) is 6.12. The molecule has 0 rings (SSSR count). The van der Waals surface area contributed by atoms with E-state index < -0.39 is 6.72 Å². The summed E-state index contributed by atoms with van der Waals surface area (Å²) in [4.78, 5) is 9.45. The van der Waals surface area contributed by atoms with Gasteiger partial charge in [0.1, 0.15) is 0 Å². The highest BCUT2D eigenvalue weighted by atomic mass is 35.5. The molecule has 0 aliphatic heterocycles. The summed E-state index contributed by atoms with van der Waals surface area (Å²) < 4.78 is 10.2. The number of rotatable bonds is 8. The summed E-state index contributed by atoms with van der Waals surface area (Å²) in [6.07, 6.45) is 3.89. The van der Waals surface area contributed by atoms with Crippen molar-refractivity contribution in [1.82, 2.24) is 0 Å². The second kappa shape index (κ2) is 10.3. The van der Waals surface area contributed by atoms with E-state index in [2.05, 4.69) is 13.8 Å². The monoisotopic (exact) mass is 262 g/mol. The summed E-state index contributed by atoms with van der Waals surface area (Å²) in [5.74, 6) is 0. The van der Waals surface area contributed by atoms with Crippen LogP contribution in [0.1, 0.15) is 39.5 Å². The van der Waals surface area contributed by atoms with Crippen LogP contribution in [0.5, 0.6) is 0 Å². The molecule has 0 saturated heterocycles. The molecular formula is C8H20ClO3PS. The van der Waals surface area contributed by atoms with Gasteiger partial charge in [-0.25, -0.2) is 0 Å². The Labute approximate surface area is 97.8 Å². The molecule has 0 atom stereocenters. The van der Waals surface area contributed by atoms with Crippen LogP contribution < -0.4 is 0 Å². The van der Waals surface area contributed by atoms with Crippen LogP contribution in [0.3, 0.4) is 0 Å². The van der Waals surface area contributed by atoms with Gasteiger partial charge in [0.25, 0.3) is 0 Å². The van der Waals surface area contributed by atoms with Gasteiger partial charge in [-0.3, -0.25) is 0 Å². The Morgan fingerprint density at radius 1 is 1.07 bits per heavy atom. The fourth-order valence-corrected chi connectivity index (χ4v) is 1.93. The Kier molecular flexibility index (Phi) is 12.7. The molecule has 0 spiro atoms. The molecule has 0 fully saturated rings. The van der Waals surface area contributed by atoms with Crippen molar-refractivity contribution in [1.29, 1.82) is 0 Å². The highest BCUT2D eigenvalue weighted by Crippen LogP contribution is 2.43. The number of hydrogen-bond acceptors (Lipinski definition) is 3. The van der Waals surface area contributed by atoms with E-state index in [1.807, 2.05) is 0 Å². The van der Waals surface area contributed by atoms with E-state index in [1.165, 1.54) is 0 Å². The Hall–Kier alpha value is 0.820. The molecule has 1 N–H and O–H groups in total. The molecule has 3 nitrogen and oxygen atoms in total. The fraction of sp³-hybridized carbons (Fsp3) is 1.00. The van der Waals surface area contributed by atoms with E-state index in [-0.39, 0.29) is 12.4 Å². The average Bonchev–Trinajstić information content (AvgIpc) is 2.05. The second-order valence-electron chi connectivity index (χ2n) is 2.84. The lowest BCUT2D eigenvalue weighted by Gasteiger charge is -2.14. The molecule has 88 valence electrons. The molecule has 0 aromatic carbocycles. The zero-order valence-electron chi connectivity index (χ0n) is 8.77. The average molecular weight is 263 g/mol. The predicted molar refractivity (Wildman–Crippen MR) is 65.5 cm³/mol. The van der Waals surface area contributed by atoms with Gasteiger partial charge in [-0.1, -0.05) is 26.7 Å². The molecule has 0 aromatic heterocycles. The van der Waals surface area contributed by atoms with Crippen molar-refractivity contribution in [3.8, 4) is 0 Å². The zero-order chi connectivity index (χ0) is 10.2. The molecule has 0 aromatic rings. The summed E-state index contributed by atoms with van der Waals surface area (Å²) in [7, 11) is 0. The van der Waals surface area contributed by atoms with Crippen LogP contribution >= 0.6 is 19.1 Å². The number of hydrogen-bond donors (Lipinski definition) is 1. The van der Waals surface area contributed by atoms with Crippen LogP contribution in [-0.2, 0) is 20.9 Å². The normalized spacial score (nSPS) is 11.1. The van der Waals surface area contributed by atoms with Gasteiger partial charge < -0.3 is 13.9 Å². The van der Waals surface area contributed by atoms with E-state index >= 15 is 0 Å². The van der Waals surface area contributed by atoms with Gasteiger partial charge >= 0.3 is 6.72 Å². The third kappa shape index (κ3) is 10.9. The van der Waals surface area contributed by atoms with E-state index in [0.29, 0.717) is 13.2 Å². The van der Waals surface area contributed by atoms with E-state index in [1.54, 1.807) is 0 Å². The lowest BCUT2D eigenvalue weighted by atomic mass is 10.4. The van der Waals surface area contributed by atoms with Crippen molar-refractivity contribution < 1.29 is 13.9 Å². The van der Waals surface area contributed by atoms with Crippen LogP contribution in [0.15, 0.2) is 0 Å². The van der Waals surface area contributed by atoms with Crippen LogP contribution in [0.25, 0.3) is 0 Å². The molecule has 0 radical (unpaired) electrons. The van der Waals surface area contributed by atoms with E-state index in [4.69, 9.17) is 20.9 Å². The van der Waals surface area contributed by atoms with Crippen LogP contribution in [0, 0.1) is 0 Å². The molecule has 0 aliphatic carbocycles. The van der Waals surface area contributed by atoms with Gasteiger partial charge in [-0.05, 0) is 24.6 Å². The molecule has 6 heteroatoms. The minimum Gasteiger partial charge on any atom is -0.324 e. The molecule has 0 aliphatic rings. The minimum atomic E-state index is -2.92. The van der Waals surface area contributed by atoms with Gasteiger partial charge in [0, 0.05) is 0 Å². The standard InChI is InChI=1S/C8H19O3PS.ClH/c1-3-5-7-10-12(9,13)11-8-6-4-2;/h3-8H2,1-2H3,(H,9,13);1H. The van der Waals surface area contributed by atoms with Crippen molar-refractivity contribution in [2.45, 2.75) is 39.5 Å². The maximum atomic E-state index is 9.45. The Morgan fingerprint density at radius 3 is 1.71 bits per heavy atom. The summed E-state index contributed by atoms with van der Waals surface area (Å²) in [6.45, 7) is 2.19. The van der Waals surface area contributed by atoms with Crippen LogP contribution in [-0.4, -0.2) is 18.1 Å². The van der Waals surface area contributed by atoms with Gasteiger partial charge in [0.2, 0.25) is 0 Å². The van der Waals surface area contributed by atoms with Crippen molar-refractivity contribution in [3.05, 3.63) is 0 Å². The van der Waals surface area contributed by atoms with Crippen molar-refractivity contribution >= 4 is 30.9 Å². The van der Waals surface area contributed by atoms with Crippen LogP contribution in [0.4, 0.5) is 0 Å². The van der Waals surface area contributed by atoms with Gasteiger partial charge in [0.15, 0.2) is 0 Å². The first-order valence-electron chi connectivity index (χ1n) is 4.74. The lowest BCUT2D eigenvalue weighted by Crippen LogP contribution is -1.97. The molecule has 0 unspecified atom stereocenters. The fourth-order valence-electron chi connectivity index (χ4n) is 0.686. The maximum absolute atomic E-state index is 9.45. The molecule has 0 heterocycles.